The summed E-state index contributed by atoms with van der Waals surface area (Å²) in [6, 6.07) is 0. The van der Waals surface area contributed by atoms with Gasteiger partial charge in [-0.2, -0.15) is 0 Å². The van der Waals surface area contributed by atoms with Crippen molar-refractivity contribution in [1.29, 1.82) is 0 Å². The zero-order valence-corrected chi connectivity index (χ0v) is 9.96. The lowest BCUT2D eigenvalue weighted by molar-refractivity contribution is 0.224. The van der Waals surface area contributed by atoms with Gasteiger partial charge in [-0.05, 0) is 32.0 Å². The highest BCUT2D eigenvalue weighted by atomic mass is 16.5. The molecule has 0 aromatic heterocycles. The molecule has 2 nitrogen and oxygen atoms in total. The Hall–Kier alpha value is -1.02. The van der Waals surface area contributed by atoms with Crippen LogP contribution in [0, 0.1) is 0 Å². The van der Waals surface area contributed by atoms with Crippen LogP contribution >= 0.6 is 0 Å². The van der Waals surface area contributed by atoms with Gasteiger partial charge in [-0.1, -0.05) is 32.1 Å². The second-order valence-electron chi connectivity index (χ2n) is 3.26. The summed E-state index contributed by atoms with van der Waals surface area (Å²) in [4.78, 5) is 0. The summed E-state index contributed by atoms with van der Waals surface area (Å²) >= 11 is 0. The van der Waals surface area contributed by atoms with Gasteiger partial charge in [0.1, 0.15) is 12.4 Å². The van der Waals surface area contributed by atoms with Crippen molar-refractivity contribution in [3.05, 3.63) is 36.6 Å². The summed E-state index contributed by atoms with van der Waals surface area (Å²) in [5.41, 5.74) is 0. The first-order valence-electron chi connectivity index (χ1n) is 5.64. The van der Waals surface area contributed by atoms with Crippen LogP contribution in [-0.4, -0.2) is 19.7 Å². The lowest BCUT2D eigenvalue weighted by Gasteiger charge is -2.07. The van der Waals surface area contributed by atoms with Crippen molar-refractivity contribution in [1.82, 2.24) is 5.32 Å². The molecule has 0 radical (unpaired) electrons. The molecule has 86 valence electrons. The SMILES string of the molecule is C=C/C=C(\C=C/C)OCCNCCCC. The Morgan fingerprint density at radius 3 is 2.80 bits per heavy atom. The number of unbranched alkanes of at least 4 members (excludes halogenated alkanes) is 1. The maximum atomic E-state index is 5.54. The predicted molar refractivity (Wildman–Crippen MR) is 66.8 cm³/mol. The van der Waals surface area contributed by atoms with Crippen LogP contribution in [0.15, 0.2) is 36.6 Å². The van der Waals surface area contributed by atoms with Gasteiger partial charge in [-0.25, -0.2) is 0 Å². The molecule has 1 N–H and O–H groups in total. The van der Waals surface area contributed by atoms with Crippen LogP contribution in [0.1, 0.15) is 26.7 Å². The van der Waals surface area contributed by atoms with Crippen LogP contribution < -0.4 is 5.32 Å². The number of nitrogens with one attached hydrogen (secondary N) is 1. The third kappa shape index (κ3) is 9.29. The Bertz CT molecular complexity index is 207. The molecule has 0 atom stereocenters. The number of hydrogen-bond donors (Lipinski definition) is 1. The highest BCUT2D eigenvalue weighted by Crippen LogP contribution is 1.99. The molecule has 0 aliphatic rings. The third-order valence-electron chi connectivity index (χ3n) is 1.87. The summed E-state index contributed by atoms with van der Waals surface area (Å²) in [6.45, 7) is 10.5. The summed E-state index contributed by atoms with van der Waals surface area (Å²) in [5.74, 6) is 0.866. The van der Waals surface area contributed by atoms with Crippen LogP contribution in [-0.2, 0) is 4.74 Å². The van der Waals surface area contributed by atoms with E-state index < -0.39 is 0 Å². The molecule has 0 amide bonds. The molecule has 0 unspecified atom stereocenters. The van der Waals surface area contributed by atoms with E-state index in [0.29, 0.717) is 6.61 Å². The molecule has 0 fully saturated rings. The molecule has 0 aliphatic carbocycles. The lowest BCUT2D eigenvalue weighted by atomic mass is 10.3. The first kappa shape index (κ1) is 14.0. The molecule has 0 heterocycles. The van der Waals surface area contributed by atoms with Crippen molar-refractivity contribution >= 4 is 0 Å². The normalized spacial score (nSPS) is 12.0. The van der Waals surface area contributed by atoms with Crippen molar-refractivity contribution in [2.75, 3.05) is 19.7 Å². The number of allylic oxidation sites excluding steroid dienone is 4. The highest BCUT2D eigenvalue weighted by Gasteiger charge is 1.91. The quantitative estimate of drug-likeness (QED) is 0.358. The Kier molecular flexibility index (Phi) is 10.3. The largest absolute Gasteiger partial charge is 0.492 e. The third-order valence-corrected chi connectivity index (χ3v) is 1.87. The number of ether oxygens (including phenoxy) is 1. The number of hydrogen-bond acceptors (Lipinski definition) is 2. The molecule has 0 saturated heterocycles. The van der Waals surface area contributed by atoms with Crippen LogP contribution in [0.3, 0.4) is 0 Å². The van der Waals surface area contributed by atoms with Crippen molar-refractivity contribution in [2.45, 2.75) is 26.7 Å². The van der Waals surface area contributed by atoms with E-state index in [1.807, 2.05) is 25.2 Å². The fourth-order valence-corrected chi connectivity index (χ4v) is 1.10. The van der Waals surface area contributed by atoms with Crippen molar-refractivity contribution < 1.29 is 4.74 Å². The summed E-state index contributed by atoms with van der Waals surface area (Å²) in [6.07, 6.45) is 9.96. The van der Waals surface area contributed by atoms with E-state index in [0.717, 1.165) is 18.8 Å². The van der Waals surface area contributed by atoms with Gasteiger partial charge in [0.15, 0.2) is 0 Å². The van der Waals surface area contributed by atoms with Gasteiger partial charge in [0.05, 0.1) is 0 Å². The van der Waals surface area contributed by atoms with Crippen molar-refractivity contribution in [2.24, 2.45) is 0 Å². The van der Waals surface area contributed by atoms with E-state index in [4.69, 9.17) is 4.74 Å². The molecule has 0 saturated carbocycles. The fourth-order valence-electron chi connectivity index (χ4n) is 1.10. The smallest absolute Gasteiger partial charge is 0.119 e. The molecule has 0 aromatic rings. The minimum absolute atomic E-state index is 0.702. The molecule has 0 bridgehead atoms. The summed E-state index contributed by atoms with van der Waals surface area (Å²) < 4.78 is 5.54. The van der Waals surface area contributed by atoms with E-state index in [1.165, 1.54) is 12.8 Å². The van der Waals surface area contributed by atoms with E-state index in [2.05, 4.69) is 18.8 Å². The second kappa shape index (κ2) is 11.1. The zero-order chi connectivity index (χ0) is 11.4. The molecule has 0 aromatic carbocycles. The molecule has 0 spiro atoms. The van der Waals surface area contributed by atoms with E-state index >= 15 is 0 Å². The van der Waals surface area contributed by atoms with Gasteiger partial charge in [0.2, 0.25) is 0 Å². The molecule has 2 heteroatoms. The minimum atomic E-state index is 0.702. The van der Waals surface area contributed by atoms with E-state index in [9.17, 15) is 0 Å². The van der Waals surface area contributed by atoms with Gasteiger partial charge in [-0.3, -0.25) is 0 Å². The average Bonchev–Trinajstić information content (AvgIpc) is 2.24. The van der Waals surface area contributed by atoms with Crippen LogP contribution in [0.25, 0.3) is 0 Å². The molecule has 0 aliphatic heterocycles. The Balaban J connectivity index is 3.54. The Labute approximate surface area is 93.7 Å². The summed E-state index contributed by atoms with van der Waals surface area (Å²) in [7, 11) is 0. The zero-order valence-electron chi connectivity index (χ0n) is 9.96. The maximum Gasteiger partial charge on any atom is 0.119 e. The molecular weight excluding hydrogens is 186 g/mol. The first-order chi connectivity index (χ1) is 7.35. The molecule has 15 heavy (non-hydrogen) atoms. The Morgan fingerprint density at radius 2 is 2.20 bits per heavy atom. The lowest BCUT2D eigenvalue weighted by Crippen LogP contribution is -2.20. The van der Waals surface area contributed by atoms with Gasteiger partial charge >= 0.3 is 0 Å². The van der Waals surface area contributed by atoms with E-state index in [1.54, 1.807) is 6.08 Å². The maximum absolute atomic E-state index is 5.54. The average molecular weight is 209 g/mol. The van der Waals surface area contributed by atoms with E-state index in [-0.39, 0.29) is 0 Å². The standard InChI is InChI=1S/C13H23NO/c1-4-7-10-14-11-12-15-13(8-5-2)9-6-3/h5-6,8-9,14H,2,4,7,10-12H2,1,3H3/b9-6-,13-8+. The Morgan fingerprint density at radius 1 is 1.40 bits per heavy atom. The van der Waals surface area contributed by atoms with Gasteiger partial charge < -0.3 is 10.1 Å². The highest BCUT2D eigenvalue weighted by molar-refractivity contribution is 5.16. The van der Waals surface area contributed by atoms with Crippen LogP contribution in [0.2, 0.25) is 0 Å². The van der Waals surface area contributed by atoms with Crippen molar-refractivity contribution in [3.63, 3.8) is 0 Å². The summed E-state index contributed by atoms with van der Waals surface area (Å²) in [5, 5.41) is 3.32. The number of rotatable bonds is 9. The fraction of sp³-hybridized carbons (Fsp3) is 0.538. The van der Waals surface area contributed by atoms with Crippen molar-refractivity contribution in [3.8, 4) is 0 Å². The van der Waals surface area contributed by atoms with Gasteiger partial charge in [0, 0.05) is 6.54 Å². The monoisotopic (exact) mass is 209 g/mol. The minimum Gasteiger partial charge on any atom is -0.492 e. The first-order valence-corrected chi connectivity index (χ1v) is 5.64. The predicted octanol–water partition coefficient (Wildman–Crippen LogP) is 3.04. The van der Waals surface area contributed by atoms with Gasteiger partial charge in [-0.15, -0.1) is 0 Å². The van der Waals surface area contributed by atoms with Gasteiger partial charge in [0.25, 0.3) is 0 Å². The molecule has 0 rings (SSSR count). The molecular formula is C13H23NO. The second-order valence-corrected chi connectivity index (χ2v) is 3.26. The topological polar surface area (TPSA) is 21.3 Å². The van der Waals surface area contributed by atoms with Crippen LogP contribution in [0.4, 0.5) is 0 Å². The van der Waals surface area contributed by atoms with Crippen LogP contribution in [0.5, 0.6) is 0 Å².